The van der Waals surface area contributed by atoms with Crippen LogP contribution in [0.4, 0.5) is 0 Å². The summed E-state index contributed by atoms with van der Waals surface area (Å²) >= 11 is 1.74. The smallest absolute Gasteiger partial charge is 0.231 e. The number of carbonyl (C=O) groups is 1. The first-order valence-electron chi connectivity index (χ1n) is 10.3. The average molecular weight is 417 g/mol. The van der Waals surface area contributed by atoms with Crippen LogP contribution in [0.5, 0.6) is 17.2 Å². The summed E-state index contributed by atoms with van der Waals surface area (Å²) in [6.45, 7) is 4.64. The largest absolute Gasteiger partial charge is 0.493 e. The number of amides is 1. The van der Waals surface area contributed by atoms with Gasteiger partial charge in [0.05, 0.1) is 6.61 Å². The minimum Gasteiger partial charge on any atom is -0.493 e. The Morgan fingerprint density at radius 3 is 2.90 bits per heavy atom. The maximum Gasteiger partial charge on any atom is 0.231 e. The molecule has 0 spiro atoms. The third-order valence-corrected chi connectivity index (χ3v) is 6.38. The summed E-state index contributed by atoms with van der Waals surface area (Å²) in [4.78, 5) is 16.1. The lowest BCUT2D eigenvalue weighted by Crippen LogP contribution is -2.41. The quantitative estimate of drug-likeness (QED) is 0.636. The Hall–Kier alpha value is -2.25. The number of benzene rings is 1. The van der Waals surface area contributed by atoms with E-state index in [2.05, 4.69) is 27.7 Å². The van der Waals surface area contributed by atoms with Gasteiger partial charge in [-0.2, -0.15) is 0 Å². The second kappa shape index (κ2) is 9.98. The summed E-state index contributed by atoms with van der Waals surface area (Å²) in [5.41, 5.74) is 0. The number of carbonyl (C=O) groups excluding carboxylic acids is 1. The molecule has 2 aliphatic heterocycles. The van der Waals surface area contributed by atoms with Gasteiger partial charge in [-0.05, 0) is 62.4 Å². The summed E-state index contributed by atoms with van der Waals surface area (Å²) in [5, 5.41) is 5.18. The Morgan fingerprint density at radius 2 is 2.07 bits per heavy atom. The van der Waals surface area contributed by atoms with Crippen LogP contribution in [0.25, 0.3) is 0 Å². The van der Waals surface area contributed by atoms with Crippen LogP contribution in [-0.4, -0.2) is 50.4 Å². The van der Waals surface area contributed by atoms with Crippen LogP contribution in [0.3, 0.4) is 0 Å². The lowest BCUT2D eigenvalue weighted by molar-refractivity contribution is -0.126. The van der Waals surface area contributed by atoms with Crippen molar-refractivity contribution < 1.29 is 19.0 Å². The van der Waals surface area contributed by atoms with Gasteiger partial charge >= 0.3 is 0 Å². The topological polar surface area (TPSA) is 60.0 Å². The number of thiophene rings is 1. The molecule has 1 amide bonds. The van der Waals surface area contributed by atoms with Crippen LogP contribution in [0.2, 0.25) is 0 Å². The summed E-state index contributed by atoms with van der Waals surface area (Å²) < 4.78 is 16.5. The van der Waals surface area contributed by atoms with Crippen molar-refractivity contribution in [3.05, 3.63) is 40.6 Å². The number of hydrogen-bond acceptors (Lipinski definition) is 6. The maximum atomic E-state index is 12.4. The number of ether oxygens (including phenoxy) is 3. The van der Waals surface area contributed by atoms with Crippen molar-refractivity contribution in [2.24, 2.45) is 5.92 Å². The van der Waals surface area contributed by atoms with Crippen molar-refractivity contribution in [1.82, 2.24) is 10.2 Å². The molecule has 0 aliphatic carbocycles. The fraction of sp³-hybridized carbons (Fsp3) is 0.500. The van der Waals surface area contributed by atoms with E-state index in [9.17, 15) is 4.79 Å². The summed E-state index contributed by atoms with van der Waals surface area (Å²) in [6, 6.07) is 9.85. The minimum atomic E-state index is 0.152. The van der Waals surface area contributed by atoms with E-state index < -0.39 is 0 Å². The molecule has 2 aromatic rings. The van der Waals surface area contributed by atoms with Gasteiger partial charge in [0, 0.05) is 30.0 Å². The van der Waals surface area contributed by atoms with Gasteiger partial charge in [-0.25, -0.2) is 0 Å². The average Bonchev–Trinajstić information content (AvgIpc) is 3.43. The second-order valence-electron chi connectivity index (χ2n) is 7.45. The van der Waals surface area contributed by atoms with Crippen LogP contribution < -0.4 is 19.5 Å². The van der Waals surface area contributed by atoms with E-state index in [1.807, 2.05) is 18.2 Å². The normalized spacial score (nSPS) is 16.7. The van der Waals surface area contributed by atoms with Crippen molar-refractivity contribution in [3.8, 4) is 17.2 Å². The molecule has 0 unspecified atom stereocenters. The van der Waals surface area contributed by atoms with E-state index in [0.29, 0.717) is 6.61 Å². The minimum absolute atomic E-state index is 0.152. The number of fused-ring (bicyclic) bond motifs is 1. The van der Waals surface area contributed by atoms with Crippen molar-refractivity contribution in [1.29, 1.82) is 0 Å². The molecule has 1 aromatic carbocycles. The zero-order valence-corrected chi connectivity index (χ0v) is 17.4. The number of rotatable bonds is 9. The highest BCUT2D eigenvalue weighted by Gasteiger charge is 2.24. The Bertz CT molecular complexity index is 788. The molecule has 1 saturated heterocycles. The highest BCUT2D eigenvalue weighted by molar-refractivity contribution is 7.09. The van der Waals surface area contributed by atoms with Gasteiger partial charge in [-0.3, -0.25) is 4.79 Å². The summed E-state index contributed by atoms with van der Waals surface area (Å²) in [5.74, 6) is 2.70. The molecule has 0 bridgehead atoms. The van der Waals surface area contributed by atoms with Gasteiger partial charge in [-0.1, -0.05) is 6.07 Å². The molecule has 2 aliphatic rings. The molecule has 1 fully saturated rings. The van der Waals surface area contributed by atoms with Crippen LogP contribution in [0, 0.1) is 5.92 Å². The van der Waals surface area contributed by atoms with E-state index in [1.165, 1.54) is 4.88 Å². The van der Waals surface area contributed by atoms with Crippen LogP contribution in [0.1, 0.15) is 24.1 Å². The molecule has 4 rings (SSSR count). The number of nitrogens with zero attached hydrogens (tertiary/aromatic N) is 1. The van der Waals surface area contributed by atoms with Crippen molar-refractivity contribution in [3.63, 3.8) is 0 Å². The number of hydrogen-bond donors (Lipinski definition) is 1. The molecule has 1 N–H and O–H groups in total. The Kier molecular flexibility index (Phi) is 6.90. The zero-order valence-electron chi connectivity index (χ0n) is 16.6. The van der Waals surface area contributed by atoms with Crippen molar-refractivity contribution in [2.75, 3.05) is 39.6 Å². The van der Waals surface area contributed by atoms with Crippen molar-refractivity contribution >= 4 is 17.2 Å². The van der Waals surface area contributed by atoms with Crippen LogP contribution >= 0.6 is 11.3 Å². The Morgan fingerprint density at radius 1 is 1.21 bits per heavy atom. The molecular weight excluding hydrogens is 388 g/mol. The fourth-order valence-corrected chi connectivity index (χ4v) is 4.48. The van der Waals surface area contributed by atoms with Gasteiger partial charge in [0.1, 0.15) is 5.75 Å². The summed E-state index contributed by atoms with van der Waals surface area (Å²) in [6.07, 6.45) is 3.76. The monoisotopic (exact) mass is 416 g/mol. The lowest BCUT2D eigenvalue weighted by Gasteiger charge is -2.31. The predicted octanol–water partition coefficient (Wildman–Crippen LogP) is 3.32. The highest BCUT2D eigenvalue weighted by atomic mass is 32.1. The van der Waals surface area contributed by atoms with E-state index in [0.717, 1.165) is 69.1 Å². The van der Waals surface area contributed by atoms with Gasteiger partial charge in [-0.15, -0.1) is 11.3 Å². The SMILES string of the molecule is O=C(NCCc1cccs1)C1CCN(CCCOc2ccc3c(c2)OCO3)CC1. The standard InChI is InChI=1S/C22H28N2O4S/c25-22(23-9-6-19-3-1-14-29-19)17-7-11-24(12-8-17)10-2-13-26-18-4-5-20-21(15-18)28-16-27-20/h1,3-5,14-15,17H,2,6-13,16H2,(H,23,25). The molecule has 0 saturated carbocycles. The van der Waals surface area contributed by atoms with E-state index in [1.54, 1.807) is 11.3 Å². The van der Waals surface area contributed by atoms with Gasteiger partial charge < -0.3 is 24.4 Å². The first-order chi connectivity index (χ1) is 14.3. The first kappa shape index (κ1) is 20.0. The number of piperidine rings is 1. The molecule has 0 radical (unpaired) electrons. The zero-order chi connectivity index (χ0) is 19.9. The third kappa shape index (κ3) is 5.64. The van der Waals surface area contributed by atoms with E-state index in [4.69, 9.17) is 14.2 Å². The van der Waals surface area contributed by atoms with Crippen LogP contribution in [-0.2, 0) is 11.2 Å². The molecule has 29 heavy (non-hydrogen) atoms. The molecule has 6 nitrogen and oxygen atoms in total. The second-order valence-corrected chi connectivity index (χ2v) is 8.49. The molecule has 1 aromatic heterocycles. The first-order valence-corrected chi connectivity index (χ1v) is 11.2. The predicted molar refractivity (Wildman–Crippen MR) is 113 cm³/mol. The van der Waals surface area contributed by atoms with Gasteiger partial charge in [0.15, 0.2) is 11.5 Å². The number of nitrogens with one attached hydrogen (secondary N) is 1. The van der Waals surface area contributed by atoms with E-state index >= 15 is 0 Å². The fourth-order valence-electron chi connectivity index (χ4n) is 3.77. The van der Waals surface area contributed by atoms with E-state index in [-0.39, 0.29) is 18.6 Å². The number of likely N-dealkylation sites (tertiary alicyclic amines) is 1. The molecule has 7 heteroatoms. The molecule has 3 heterocycles. The summed E-state index contributed by atoms with van der Waals surface area (Å²) in [7, 11) is 0. The highest BCUT2D eigenvalue weighted by Crippen LogP contribution is 2.35. The lowest BCUT2D eigenvalue weighted by atomic mass is 9.96. The Labute approximate surface area is 175 Å². The van der Waals surface area contributed by atoms with Crippen LogP contribution in [0.15, 0.2) is 35.7 Å². The van der Waals surface area contributed by atoms with Gasteiger partial charge in [0.2, 0.25) is 12.7 Å². The van der Waals surface area contributed by atoms with Crippen molar-refractivity contribution in [2.45, 2.75) is 25.7 Å². The van der Waals surface area contributed by atoms with Gasteiger partial charge in [0.25, 0.3) is 0 Å². The molecule has 156 valence electrons. The Balaban J connectivity index is 1.08. The molecule has 0 atom stereocenters. The maximum absolute atomic E-state index is 12.4. The third-order valence-electron chi connectivity index (χ3n) is 5.44. The molecular formula is C22H28N2O4S.